The van der Waals surface area contributed by atoms with Crippen molar-refractivity contribution in [2.45, 2.75) is 13.2 Å². The van der Waals surface area contributed by atoms with E-state index in [-0.39, 0.29) is 6.61 Å². The number of hydrogen-bond acceptors (Lipinski definition) is 3. The van der Waals surface area contributed by atoms with E-state index in [0.717, 1.165) is 11.1 Å². The summed E-state index contributed by atoms with van der Waals surface area (Å²) < 4.78 is 11.2. The molecule has 3 nitrogen and oxygen atoms in total. The second kappa shape index (κ2) is 8.36. The zero-order chi connectivity index (χ0) is 17.5. The van der Waals surface area contributed by atoms with Gasteiger partial charge < -0.3 is 9.47 Å². The van der Waals surface area contributed by atoms with Gasteiger partial charge in [0.1, 0.15) is 18.8 Å². The molecule has 25 heavy (non-hydrogen) atoms. The molecule has 0 spiro atoms. The molecule has 0 saturated carbocycles. The Bertz CT molecular complexity index is 832. The molecule has 0 N–H and O–H groups in total. The Morgan fingerprint density at radius 2 is 1.36 bits per heavy atom. The molecule has 3 aromatic carbocycles. The molecular formula is C21H17ClO3. The van der Waals surface area contributed by atoms with Gasteiger partial charge in [-0.3, -0.25) is 0 Å². The topological polar surface area (TPSA) is 35.5 Å². The molecule has 0 aliphatic heterocycles. The van der Waals surface area contributed by atoms with Crippen molar-refractivity contribution in [3.63, 3.8) is 0 Å². The minimum Gasteiger partial charge on any atom is -0.486 e. The molecule has 3 rings (SSSR count). The van der Waals surface area contributed by atoms with Crippen molar-refractivity contribution in [3.05, 3.63) is 101 Å². The second-order valence-electron chi connectivity index (χ2n) is 5.45. The van der Waals surface area contributed by atoms with Gasteiger partial charge in [0.05, 0.1) is 5.02 Å². The molecule has 0 bridgehead atoms. The molecule has 0 saturated heterocycles. The molecule has 0 aliphatic rings. The molecule has 0 amide bonds. The van der Waals surface area contributed by atoms with Crippen molar-refractivity contribution in [3.8, 4) is 5.75 Å². The van der Waals surface area contributed by atoms with Crippen molar-refractivity contribution in [2.75, 3.05) is 0 Å². The van der Waals surface area contributed by atoms with Gasteiger partial charge in [-0.05, 0) is 23.3 Å². The van der Waals surface area contributed by atoms with Gasteiger partial charge in [0.25, 0.3) is 0 Å². The van der Waals surface area contributed by atoms with Gasteiger partial charge in [-0.2, -0.15) is 0 Å². The number of benzene rings is 3. The fourth-order valence-electron chi connectivity index (χ4n) is 2.35. The standard InChI is InChI=1S/C21H17ClO3/c22-19-13-7-12-18(20(19)24-14-16-8-3-1-4-9-16)21(23)25-15-17-10-5-2-6-11-17/h1-13H,14-15H2. The largest absolute Gasteiger partial charge is 0.486 e. The zero-order valence-electron chi connectivity index (χ0n) is 13.5. The van der Waals surface area contributed by atoms with E-state index < -0.39 is 5.97 Å². The third-order valence-electron chi connectivity index (χ3n) is 3.63. The number of halogens is 1. The van der Waals surface area contributed by atoms with Crippen LogP contribution >= 0.6 is 11.6 Å². The molecule has 126 valence electrons. The van der Waals surface area contributed by atoms with Crippen LogP contribution in [-0.2, 0) is 18.0 Å². The van der Waals surface area contributed by atoms with Crippen LogP contribution in [0, 0.1) is 0 Å². The minimum atomic E-state index is -0.464. The molecular weight excluding hydrogens is 336 g/mol. The second-order valence-corrected chi connectivity index (χ2v) is 5.86. The summed E-state index contributed by atoms with van der Waals surface area (Å²) in [5.74, 6) is -0.125. The Morgan fingerprint density at radius 1 is 0.760 bits per heavy atom. The molecule has 0 aromatic heterocycles. The van der Waals surface area contributed by atoms with Gasteiger partial charge in [-0.25, -0.2) is 4.79 Å². The van der Waals surface area contributed by atoms with Crippen molar-refractivity contribution in [2.24, 2.45) is 0 Å². The first-order valence-electron chi connectivity index (χ1n) is 7.90. The monoisotopic (exact) mass is 352 g/mol. The predicted octanol–water partition coefficient (Wildman–Crippen LogP) is 5.28. The lowest BCUT2D eigenvalue weighted by atomic mass is 10.2. The van der Waals surface area contributed by atoms with Gasteiger partial charge in [-0.1, -0.05) is 78.3 Å². The number of esters is 1. The maximum atomic E-state index is 12.4. The number of para-hydroxylation sites is 1. The summed E-state index contributed by atoms with van der Waals surface area (Å²) in [5, 5.41) is 0.380. The highest BCUT2D eigenvalue weighted by Gasteiger charge is 2.17. The summed E-state index contributed by atoms with van der Waals surface area (Å²) in [6.07, 6.45) is 0. The van der Waals surface area contributed by atoms with Gasteiger partial charge in [0.15, 0.2) is 5.75 Å². The fraction of sp³-hybridized carbons (Fsp3) is 0.0952. The van der Waals surface area contributed by atoms with Gasteiger partial charge in [0.2, 0.25) is 0 Å². The van der Waals surface area contributed by atoms with E-state index in [9.17, 15) is 4.79 Å². The van der Waals surface area contributed by atoms with Crippen LogP contribution in [0.25, 0.3) is 0 Å². The molecule has 0 fully saturated rings. The smallest absolute Gasteiger partial charge is 0.342 e. The molecule has 0 aliphatic carbocycles. The van der Waals surface area contributed by atoms with Crippen molar-refractivity contribution >= 4 is 17.6 Å². The van der Waals surface area contributed by atoms with E-state index >= 15 is 0 Å². The van der Waals surface area contributed by atoms with E-state index in [1.165, 1.54) is 0 Å². The molecule has 0 atom stereocenters. The van der Waals surface area contributed by atoms with Crippen LogP contribution in [0.2, 0.25) is 5.02 Å². The van der Waals surface area contributed by atoms with E-state index in [2.05, 4.69) is 0 Å². The average molecular weight is 353 g/mol. The molecule has 3 aromatic rings. The summed E-state index contributed by atoms with van der Waals surface area (Å²) in [6.45, 7) is 0.522. The molecule has 0 radical (unpaired) electrons. The Labute approximate surface area is 151 Å². The first kappa shape index (κ1) is 17.1. The van der Waals surface area contributed by atoms with Crippen LogP contribution in [0.4, 0.5) is 0 Å². The Hall–Kier alpha value is -2.78. The maximum Gasteiger partial charge on any atom is 0.342 e. The number of carbonyl (C=O) groups excluding carboxylic acids is 1. The molecule has 4 heteroatoms. The number of ether oxygens (including phenoxy) is 2. The molecule has 0 unspecified atom stereocenters. The minimum absolute atomic E-state index is 0.199. The van der Waals surface area contributed by atoms with Gasteiger partial charge in [-0.15, -0.1) is 0 Å². The summed E-state index contributed by atoms with van der Waals surface area (Å²) >= 11 is 6.22. The van der Waals surface area contributed by atoms with E-state index in [1.807, 2.05) is 60.7 Å². The van der Waals surface area contributed by atoms with Crippen LogP contribution in [0.15, 0.2) is 78.9 Å². The third kappa shape index (κ3) is 4.61. The number of rotatable bonds is 6. The quantitative estimate of drug-likeness (QED) is 0.566. The summed E-state index contributed by atoms with van der Waals surface area (Å²) in [5.41, 5.74) is 2.23. The highest BCUT2D eigenvalue weighted by molar-refractivity contribution is 6.32. The highest BCUT2D eigenvalue weighted by atomic mass is 35.5. The predicted molar refractivity (Wildman–Crippen MR) is 97.8 cm³/mol. The van der Waals surface area contributed by atoms with Crippen molar-refractivity contribution in [1.82, 2.24) is 0 Å². The van der Waals surface area contributed by atoms with E-state index in [0.29, 0.717) is 22.9 Å². The Balaban J connectivity index is 1.72. The summed E-state index contributed by atoms with van der Waals surface area (Å²) in [4.78, 5) is 12.4. The van der Waals surface area contributed by atoms with Crippen LogP contribution in [0.1, 0.15) is 21.5 Å². The lowest BCUT2D eigenvalue weighted by Crippen LogP contribution is -2.08. The van der Waals surface area contributed by atoms with Crippen molar-refractivity contribution in [1.29, 1.82) is 0 Å². The van der Waals surface area contributed by atoms with Crippen LogP contribution in [-0.4, -0.2) is 5.97 Å². The average Bonchev–Trinajstić information content (AvgIpc) is 2.66. The Morgan fingerprint density at radius 3 is 2.00 bits per heavy atom. The first-order chi connectivity index (χ1) is 12.2. The maximum absolute atomic E-state index is 12.4. The van der Waals surface area contributed by atoms with Gasteiger partial charge in [0, 0.05) is 0 Å². The van der Waals surface area contributed by atoms with Crippen LogP contribution < -0.4 is 4.74 Å². The number of hydrogen-bond donors (Lipinski definition) is 0. The van der Waals surface area contributed by atoms with Crippen LogP contribution in [0.5, 0.6) is 5.75 Å². The molecule has 0 heterocycles. The Kier molecular flexibility index (Phi) is 5.70. The SMILES string of the molecule is O=C(OCc1ccccc1)c1cccc(Cl)c1OCc1ccccc1. The lowest BCUT2D eigenvalue weighted by molar-refractivity contribution is 0.0467. The lowest BCUT2D eigenvalue weighted by Gasteiger charge is -2.13. The number of carbonyl (C=O) groups is 1. The normalized spacial score (nSPS) is 10.3. The van der Waals surface area contributed by atoms with Crippen LogP contribution in [0.3, 0.4) is 0 Å². The summed E-state index contributed by atoms with van der Waals surface area (Å²) in [7, 11) is 0. The van der Waals surface area contributed by atoms with E-state index in [4.69, 9.17) is 21.1 Å². The van der Waals surface area contributed by atoms with Gasteiger partial charge >= 0.3 is 5.97 Å². The third-order valence-corrected chi connectivity index (χ3v) is 3.92. The fourth-order valence-corrected chi connectivity index (χ4v) is 2.58. The summed E-state index contributed by atoms with van der Waals surface area (Å²) in [6, 6.07) is 24.3. The first-order valence-corrected chi connectivity index (χ1v) is 8.28. The van der Waals surface area contributed by atoms with E-state index in [1.54, 1.807) is 18.2 Å². The highest BCUT2D eigenvalue weighted by Crippen LogP contribution is 2.30. The van der Waals surface area contributed by atoms with Crippen molar-refractivity contribution < 1.29 is 14.3 Å². The zero-order valence-corrected chi connectivity index (χ0v) is 14.3.